The van der Waals surface area contributed by atoms with Crippen LogP contribution in [0.5, 0.6) is 0 Å². The third-order valence-electron chi connectivity index (χ3n) is 4.82. The van der Waals surface area contributed by atoms with Crippen LogP contribution in [-0.4, -0.2) is 46.7 Å². The Morgan fingerprint density at radius 1 is 1.22 bits per heavy atom. The van der Waals surface area contributed by atoms with Crippen molar-refractivity contribution in [3.63, 3.8) is 0 Å². The number of imidazole rings is 1. The van der Waals surface area contributed by atoms with Crippen LogP contribution < -0.4 is 10.2 Å². The molecule has 7 heteroatoms. The van der Waals surface area contributed by atoms with Crippen molar-refractivity contribution in [2.24, 2.45) is 7.05 Å². The molecular weight excluding hydrogens is 342 g/mol. The van der Waals surface area contributed by atoms with Crippen LogP contribution in [0, 0.1) is 6.92 Å². The molecule has 0 spiro atoms. The van der Waals surface area contributed by atoms with Gasteiger partial charge in [-0.15, -0.1) is 0 Å². The second-order valence-electron chi connectivity index (χ2n) is 6.78. The lowest BCUT2D eigenvalue weighted by Crippen LogP contribution is -2.37. The van der Waals surface area contributed by atoms with Crippen molar-refractivity contribution in [3.8, 4) is 0 Å². The number of carbonyl (C=O) groups is 1. The molecule has 3 heterocycles. The molecule has 2 aromatic heterocycles. The minimum Gasteiger partial charge on any atom is -0.378 e. The number of amides is 1. The Kier molecular flexibility index (Phi) is 4.77. The predicted octanol–water partition coefficient (Wildman–Crippen LogP) is 2.04. The minimum atomic E-state index is -0.126. The van der Waals surface area contributed by atoms with Crippen LogP contribution in [-0.2, 0) is 18.3 Å². The van der Waals surface area contributed by atoms with Crippen molar-refractivity contribution in [1.29, 1.82) is 0 Å². The maximum absolute atomic E-state index is 12.5. The Hall–Kier alpha value is -2.93. The molecule has 1 saturated heterocycles. The molecule has 1 aliphatic heterocycles. The molecule has 1 aliphatic rings. The molecule has 27 heavy (non-hydrogen) atoms. The van der Waals surface area contributed by atoms with E-state index in [4.69, 9.17) is 9.72 Å². The van der Waals surface area contributed by atoms with Crippen molar-refractivity contribution in [2.45, 2.75) is 13.5 Å². The molecule has 1 N–H and O–H groups in total. The van der Waals surface area contributed by atoms with Crippen LogP contribution in [0.2, 0.25) is 0 Å². The number of nitrogens with zero attached hydrogens (tertiary/aromatic N) is 4. The van der Waals surface area contributed by atoms with Crippen LogP contribution in [0.4, 0.5) is 5.95 Å². The van der Waals surface area contributed by atoms with Gasteiger partial charge in [0, 0.05) is 31.9 Å². The molecule has 0 aliphatic carbocycles. The number of aryl methyl sites for hydroxylation is 2. The summed E-state index contributed by atoms with van der Waals surface area (Å²) in [6, 6.07) is 9.54. The van der Waals surface area contributed by atoms with Crippen LogP contribution in [0.3, 0.4) is 0 Å². The van der Waals surface area contributed by atoms with Crippen molar-refractivity contribution in [3.05, 3.63) is 53.3 Å². The molecule has 7 nitrogen and oxygen atoms in total. The van der Waals surface area contributed by atoms with Gasteiger partial charge in [-0.1, -0.05) is 0 Å². The van der Waals surface area contributed by atoms with Crippen molar-refractivity contribution in [2.75, 3.05) is 31.2 Å². The predicted molar refractivity (Wildman–Crippen MR) is 104 cm³/mol. The van der Waals surface area contributed by atoms with E-state index in [9.17, 15) is 4.79 Å². The first-order valence-electron chi connectivity index (χ1n) is 9.11. The van der Waals surface area contributed by atoms with Crippen LogP contribution >= 0.6 is 0 Å². The van der Waals surface area contributed by atoms with E-state index in [2.05, 4.69) is 19.8 Å². The smallest absolute Gasteiger partial charge is 0.251 e. The Labute approximate surface area is 158 Å². The van der Waals surface area contributed by atoms with E-state index in [-0.39, 0.29) is 5.91 Å². The Balaban J connectivity index is 1.53. The second-order valence-corrected chi connectivity index (χ2v) is 6.78. The van der Waals surface area contributed by atoms with Crippen LogP contribution in [0.1, 0.15) is 21.6 Å². The molecule has 0 saturated carbocycles. The highest BCUT2D eigenvalue weighted by molar-refractivity contribution is 5.97. The molecule has 4 rings (SSSR count). The standard InChI is InChI=1S/C20H23N5O2/c1-14-5-6-21-16(11-14)13-22-19(26)15-3-4-18-17(12-15)23-20(24(18)2)25-7-9-27-10-8-25/h3-6,11-12H,7-10,13H2,1-2H3,(H,22,26). The Bertz CT molecular complexity index is 976. The summed E-state index contributed by atoms with van der Waals surface area (Å²) in [5, 5.41) is 2.93. The van der Waals surface area contributed by atoms with Gasteiger partial charge in [0.2, 0.25) is 5.95 Å². The van der Waals surface area contributed by atoms with Gasteiger partial charge in [-0.3, -0.25) is 9.78 Å². The largest absolute Gasteiger partial charge is 0.378 e. The van der Waals surface area contributed by atoms with Gasteiger partial charge in [0.1, 0.15) is 0 Å². The van der Waals surface area contributed by atoms with Gasteiger partial charge < -0.3 is 19.5 Å². The lowest BCUT2D eigenvalue weighted by atomic mass is 10.2. The average Bonchev–Trinajstić information content (AvgIpc) is 3.03. The lowest BCUT2D eigenvalue weighted by molar-refractivity contribution is 0.0950. The van der Waals surface area contributed by atoms with Gasteiger partial charge in [0.15, 0.2) is 0 Å². The maximum atomic E-state index is 12.5. The fourth-order valence-corrected chi connectivity index (χ4v) is 3.34. The van der Waals surface area contributed by atoms with Crippen molar-refractivity contribution < 1.29 is 9.53 Å². The molecule has 0 bridgehead atoms. The minimum absolute atomic E-state index is 0.126. The maximum Gasteiger partial charge on any atom is 0.251 e. The highest BCUT2D eigenvalue weighted by Crippen LogP contribution is 2.23. The van der Waals surface area contributed by atoms with Crippen LogP contribution in [0.15, 0.2) is 36.5 Å². The van der Waals surface area contributed by atoms with E-state index in [1.165, 1.54) is 0 Å². The zero-order chi connectivity index (χ0) is 18.8. The van der Waals surface area contributed by atoms with E-state index in [1.54, 1.807) is 6.20 Å². The average molecular weight is 365 g/mol. The summed E-state index contributed by atoms with van der Waals surface area (Å²) in [6.07, 6.45) is 1.75. The first-order valence-corrected chi connectivity index (χ1v) is 9.11. The van der Waals surface area contributed by atoms with Gasteiger partial charge in [0.25, 0.3) is 5.91 Å². The summed E-state index contributed by atoms with van der Waals surface area (Å²) in [4.78, 5) is 23.8. The summed E-state index contributed by atoms with van der Waals surface area (Å²) in [7, 11) is 2.00. The number of anilines is 1. The zero-order valence-electron chi connectivity index (χ0n) is 15.6. The highest BCUT2D eigenvalue weighted by atomic mass is 16.5. The topological polar surface area (TPSA) is 72.3 Å². The summed E-state index contributed by atoms with van der Waals surface area (Å²) >= 11 is 0. The SMILES string of the molecule is Cc1ccnc(CNC(=O)c2ccc3c(c2)nc(N2CCOCC2)n3C)c1. The number of nitrogens with one attached hydrogen (secondary N) is 1. The molecule has 3 aromatic rings. The number of fused-ring (bicyclic) bond motifs is 1. The fourth-order valence-electron chi connectivity index (χ4n) is 3.34. The first kappa shape index (κ1) is 17.5. The molecule has 140 valence electrons. The highest BCUT2D eigenvalue weighted by Gasteiger charge is 2.18. The number of morpholine rings is 1. The van der Waals surface area contributed by atoms with Crippen molar-refractivity contribution >= 4 is 22.9 Å². The molecular formula is C20H23N5O2. The summed E-state index contributed by atoms with van der Waals surface area (Å²) < 4.78 is 7.49. The Morgan fingerprint density at radius 2 is 2.04 bits per heavy atom. The molecule has 1 aromatic carbocycles. The van der Waals surface area contributed by atoms with E-state index < -0.39 is 0 Å². The third kappa shape index (κ3) is 3.64. The number of aromatic nitrogens is 3. The molecule has 1 fully saturated rings. The number of benzene rings is 1. The molecule has 0 atom stereocenters. The number of carbonyl (C=O) groups excluding carboxylic acids is 1. The van der Waals surface area contributed by atoms with Crippen molar-refractivity contribution in [1.82, 2.24) is 19.9 Å². The van der Waals surface area contributed by atoms with E-state index >= 15 is 0 Å². The monoisotopic (exact) mass is 365 g/mol. The Morgan fingerprint density at radius 3 is 2.81 bits per heavy atom. The number of hydrogen-bond donors (Lipinski definition) is 1. The first-order chi connectivity index (χ1) is 13.1. The van der Waals surface area contributed by atoms with E-state index in [1.807, 2.05) is 44.3 Å². The molecule has 0 radical (unpaired) electrons. The summed E-state index contributed by atoms with van der Waals surface area (Å²) in [5.74, 6) is 0.786. The van der Waals surface area contributed by atoms with Gasteiger partial charge in [-0.05, 0) is 42.8 Å². The van der Waals surface area contributed by atoms with Gasteiger partial charge in [-0.2, -0.15) is 0 Å². The quantitative estimate of drug-likeness (QED) is 0.766. The normalized spacial score (nSPS) is 14.5. The number of hydrogen-bond acceptors (Lipinski definition) is 5. The second kappa shape index (κ2) is 7.36. The van der Waals surface area contributed by atoms with Gasteiger partial charge in [0.05, 0.1) is 36.5 Å². The molecule has 1 amide bonds. The summed E-state index contributed by atoms with van der Waals surface area (Å²) in [6.45, 7) is 5.49. The number of pyridine rings is 1. The van der Waals surface area contributed by atoms with E-state index in [0.717, 1.165) is 41.3 Å². The lowest BCUT2D eigenvalue weighted by Gasteiger charge is -2.27. The van der Waals surface area contributed by atoms with Gasteiger partial charge >= 0.3 is 0 Å². The zero-order valence-corrected chi connectivity index (χ0v) is 15.6. The third-order valence-corrected chi connectivity index (χ3v) is 4.82. The summed E-state index contributed by atoms with van der Waals surface area (Å²) in [5.41, 5.74) is 4.40. The van der Waals surface area contributed by atoms with E-state index in [0.29, 0.717) is 25.3 Å². The number of rotatable bonds is 4. The molecule has 0 unspecified atom stereocenters. The fraction of sp³-hybridized carbons (Fsp3) is 0.350. The van der Waals surface area contributed by atoms with Gasteiger partial charge in [-0.25, -0.2) is 4.98 Å². The number of ether oxygens (including phenoxy) is 1. The van der Waals surface area contributed by atoms with Crippen LogP contribution in [0.25, 0.3) is 11.0 Å².